The van der Waals surface area contributed by atoms with Crippen molar-refractivity contribution in [2.45, 2.75) is 37.7 Å². The van der Waals surface area contributed by atoms with Gasteiger partial charge in [0.1, 0.15) is 5.60 Å². The summed E-state index contributed by atoms with van der Waals surface area (Å²) in [6.07, 6.45) is 4.16. The molecule has 1 saturated heterocycles. The van der Waals surface area contributed by atoms with E-state index in [1.165, 1.54) is 30.4 Å². The van der Waals surface area contributed by atoms with Gasteiger partial charge in [-0.05, 0) is 36.8 Å². The van der Waals surface area contributed by atoms with Gasteiger partial charge in [-0.25, -0.2) is 0 Å². The summed E-state index contributed by atoms with van der Waals surface area (Å²) < 4.78 is 5.47. The molecule has 0 amide bonds. The van der Waals surface area contributed by atoms with Crippen LogP contribution in [0.1, 0.15) is 43.2 Å². The maximum atomic E-state index is 5.47. The number of rotatable bonds is 2. The monoisotopic (exact) mass is 188 g/mol. The van der Waals surface area contributed by atoms with Crippen LogP contribution in [0, 0.1) is 0 Å². The van der Waals surface area contributed by atoms with E-state index in [0.717, 1.165) is 12.5 Å². The number of epoxide rings is 1. The average Bonchev–Trinajstić information content (AvgIpc) is 2.83. The van der Waals surface area contributed by atoms with Gasteiger partial charge in [0.15, 0.2) is 0 Å². The van der Waals surface area contributed by atoms with Crippen LogP contribution in [-0.2, 0) is 10.3 Å². The average molecular weight is 188 g/mol. The number of benzene rings is 1. The van der Waals surface area contributed by atoms with Crippen molar-refractivity contribution in [3.63, 3.8) is 0 Å². The van der Waals surface area contributed by atoms with Gasteiger partial charge >= 0.3 is 0 Å². The molecular formula is C13H16O. The molecule has 0 spiro atoms. The fraction of sp³-hybridized carbons (Fsp3) is 0.538. The lowest BCUT2D eigenvalue weighted by Crippen LogP contribution is -2.10. The van der Waals surface area contributed by atoms with Gasteiger partial charge in [0, 0.05) is 0 Å². The van der Waals surface area contributed by atoms with E-state index in [9.17, 15) is 0 Å². The summed E-state index contributed by atoms with van der Waals surface area (Å²) in [5.41, 5.74) is 2.92. The second-order valence-electron chi connectivity index (χ2n) is 4.77. The zero-order chi connectivity index (χ0) is 9.60. The van der Waals surface area contributed by atoms with Crippen LogP contribution in [-0.4, -0.2) is 6.61 Å². The molecule has 1 aromatic carbocycles. The Morgan fingerprint density at radius 1 is 1.36 bits per heavy atom. The van der Waals surface area contributed by atoms with Crippen LogP contribution >= 0.6 is 0 Å². The summed E-state index contributed by atoms with van der Waals surface area (Å²) in [4.78, 5) is 0. The third-order valence-electron chi connectivity index (χ3n) is 3.65. The highest BCUT2D eigenvalue weighted by atomic mass is 16.6. The van der Waals surface area contributed by atoms with Crippen molar-refractivity contribution in [1.82, 2.24) is 0 Å². The van der Waals surface area contributed by atoms with E-state index in [1.54, 1.807) is 0 Å². The molecule has 1 saturated carbocycles. The van der Waals surface area contributed by atoms with E-state index < -0.39 is 0 Å². The van der Waals surface area contributed by atoms with Gasteiger partial charge in [0.2, 0.25) is 0 Å². The quantitative estimate of drug-likeness (QED) is 0.649. The Balaban J connectivity index is 1.91. The first-order valence-corrected chi connectivity index (χ1v) is 5.52. The van der Waals surface area contributed by atoms with Crippen LogP contribution in [0.2, 0.25) is 0 Å². The highest BCUT2D eigenvalue weighted by Gasteiger charge is 2.41. The van der Waals surface area contributed by atoms with Crippen LogP contribution in [0.15, 0.2) is 24.3 Å². The summed E-state index contributed by atoms with van der Waals surface area (Å²) in [5.74, 6) is 0.831. The van der Waals surface area contributed by atoms with Gasteiger partial charge in [-0.2, -0.15) is 0 Å². The van der Waals surface area contributed by atoms with Gasteiger partial charge in [-0.1, -0.05) is 30.7 Å². The van der Waals surface area contributed by atoms with Crippen LogP contribution in [0.5, 0.6) is 0 Å². The minimum atomic E-state index is 0.0414. The fourth-order valence-corrected chi connectivity index (χ4v) is 2.14. The standard InChI is InChI=1S/C13H16O/c1-13(9-14-13)12-7-3-6-11(8-12)10-4-2-5-10/h3,6-8,10H,2,4-5,9H2,1H3. The maximum Gasteiger partial charge on any atom is 0.114 e. The number of hydrogen-bond donors (Lipinski definition) is 0. The molecule has 0 radical (unpaired) electrons. The van der Waals surface area contributed by atoms with Gasteiger partial charge in [0.25, 0.3) is 0 Å². The van der Waals surface area contributed by atoms with Crippen LogP contribution in [0.25, 0.3) is 0 Å². The van der Waals surface area contributed by atoms with Gasteiger partial charge in [-0.15, -0.1) is 0 Å². The van der Waals surface area contributed by atoms with Gasteiger partial charge in [0.05, 0.1) is 6.61 Å². The second-order valence-corrected chi connectivity index (χ2v) is 4.77. The first kappa shape index (κ1) is 8.49. The second kappa shape index (κ2) is 2.83. The first-order chi connectivity index (χ1) is 6.78. The Kier molecular flexibility index (Phi) is 1.72. The Bertz CT molecular complexity index is 348. The van der Waals surface area contributed by atoms with Crippen molar-refractivity contribution >= 4 is 0 Å². The SMILES string of the molecule is CC1(c2cccc(C3CCC3)c2)CO1. The summed E-state index contributed by atoms with van der Waals surface area (Å²) in [5, 5.41) is 0. The maximum absolute atomic E-state index is 5.47. The molecule has 1 nitrogen and oxygen atoms in total. The third kappa shape index (κ3) is 1.27. The van der Waals surface area contributed by atoms with E-state index >= 15 is 0 Å². The number of hydrogen-bond acceptors (Lipinski definition) is 1. The Hall–Kier alpha value is -0.820. The lowest BCUT2D eigenvalue weighted by Gasteiger charge is -2.26. The molecule has 0 bridgehead atoms. The van der Waals surface area contributed by atoms with Crippen LogP contribution in [0.3, 0.4) is 0 Å². The minimum absolute atomic E-state index is 0.0414. The Morgan fingerprint density at radius 3 is 2.71 bits per heavy atom. The molecule has 3 rings (SSSR count). The lowest BCUT2D eigenvalue weighted by molar-refractivity contribution is 0.329. The summed E-state index contributed by atoms with van der Waals surface area (Å²) in [6.45, 7) is 3.06. The molecule has 14 heavy (non-hydrogen) atoms. The van der Waals surface area contributed by atoms with E-state index in [-0.39, 0.29) is 5.60 Å². The minimum Gasteiger partial charge on any atom is -0.365 e. The topological polar surface area (TPSA) is 12.5 Å². The molecule has 1 atom stereocenters. The van der Waals surface area contributed by atoms with Crippen molar-refractivity contribution < 1.29 is 4.74 Å². The molecule has 74 valence electrons. The molecule has 0 N–H and O–H groups in total. The molecule has 0 aromatic heterocycles. The van der Waals surface area contributed by atoms with Gasteiger partial charge in [-0.3, -0.25) is 0 Å². The first-order valence-electron chi connectivity index (χ1n) is 5.52. The molecule has 1 aromatic rings. The van der Waals surface area contributed by atoms with Crippen molar-refractivity contribution in [1.29, 1.82) is 0 Å². The molecule has 1 unspecified atom stereocenters. The molecule has 1 heterocycles. The molecule has 1 aliphatic heterocycles. The van der Waals surface area contributed by atoms with Gasteiger partial charge < -0.3 is 4.74 Å². The van der Waals surface area contributed by atoms with E-state index in [1.807, 2.05) is 0 Å². The Labute approximate surface area is 85.1 Å². The fourth-order valence-electron chi connectivity index (χ4n) is 2.14. The molecule has 2 aliphatic rings. The zero-order valence-corrected chi connectivity index (χ0v) is 8.62. The van der Waals surface area contributed by atoms with Crippen molar-refractivity contribution in [2.75, 3.05) is 6.61 Å². The predicted octanol–water partition coefficient (Wildman–Crippen LogP) is 3.20. The summed E-state index contributed by atoms with van der Waals surface area (Å²) in [6, 6.07) is 8.97. The molecule has 2 fully saturated rings. The van der Waals surface area contributed by atoms with Crippen molar-refractivity contribution in [3.8, 4) is 0 Å². The van der Waals surface area contributed by atoms with Crippen LogP contribution < -0.4 is 0 Å². The molecule has 1 aliphatic carbocycles. The van der Waals surface area contributed by atoms with E-state index in [2.05, 4.69) is 31.2 Å². The molecular weight excluding hydrogens is 172 g/mol. The molecule has 1 heteroatoms. The summed E-state index contributed by atoms with van der Waals surface area (Å²) >= 11 is 0. The van der Waals surface area contributed by atoms with Crippen LogP contribution in [0.4, 0.5) is 0 Å². The number of ether oxygens (including phenoxy) is 1. The third-order valence-corrected chi connectivity index (χ3v) is 3.65. The van der Waals surface area contributed by atoms with Crippen molar-refractivity contribution in [3.05, 3.63) is 35.4 Å². The lowest BCUT2D eigenvalue weighted by atomic mass is 9.79. The smallest absolute Gasteiger partial charge is 0.114 e. The summed E-state index contributed by atoms with van der Waals surface area (Å²) in [7, 11) is 0. The predicted molar refractivity (Wildman–Crippen MR) is 56.3 cm³/mol. The highest BCUT2D eigenvalue weighted by Crippen LogP contribution is 2.41. The Morgan fingerprint density at radius 2 is 2.14 bits per heavy atom. The zero-order valence-electron chi connectivity index (χ0n) is 8.62. The highest BCUT2D eigenvalue weighted by molar-refractivity contribution is 5.33. The largest absolute Gasteiger partial charge is 0.365 e. The van der Waals surface area contributed by atoms with E-state index in [4.69, 9.17) is 4.74 Å². The van der Waals surface area contributed by atoms with Crippen molar-refractivity contribution in [2.24, 2.45) is 0 Å². The normalized spacial score (nSPS) is 31.2. The van der Waals surface area contributed by atoms with E-state index in [0.29, 0.717) is 0 Å².